The summed E-state index contributed by atoms with van der Waals surface area (Å²) in [7, 11) is 3.33. The first-order valence-electron chi connectivity index (χ1n) is 10.8. The number of fused-ring (bicyclic) bond motifs is 2. The third-order valence-electron chi connectivity index (χ3n) is 5.98. The van der Waals surface area contributed by atoms with Gasteiger partial charge in [-0.25, -0.2) is 4.99 Å². The number of hydrogen-bond acceptors (Lipinski definition) is 6. The summed E-state index contributed by atoms with van der Waals surface area (Å²) in [6, 6.07) is 11.3. The van der Waals surface area contributed by atoms with Crippen LogP contribution in [-0.4, -0.2) is 50.2 Å². The van der Waals surface area contributed by atoms with E-state index in [0.29, 0.717) is 36.0 Å². The Hall–Kier alpha value is -2.77. The van der Waals surface area contributed by atoms with Crippen LogP contribution in [0.5, 0.6) is 11.5 Å². The minimum atomic E-state index is -1.11. The average Bonchev–Trinajstić information content (AvgIpc) is 2.99. The Balaban J connectivity index is 1.81. The van der Waals surface area contributed by atoms with Crippen LogP contribution < -0.4 is 15.2 Å². The van der Waals surface area contributed by atoms with Crippen LogP contribution in [0.25, 0.3) is 11.1 Å². The number of carbonyl (C=O) groups is 1. The van der Waals surface area contributed by atoms with Gasteiger partial charge in [0.25, 0.3) is 5.91 Å². The highest BCUT2D eigenvalue weighted by atomic mass is 35.5. The summed E-state index contributed by atoms with van der Waals surface area (Å²) >= 11 is 6.28. The highest BCUT2D eigenvalue weighted by Crippen LogP contribution is 2.48. The molecule has 4 rings (SSSR count). The van der Waals surface area contributed by atoms with E-state index >= 15 is 0 Å². The van der Waals surface area contributed by atoms with Crippen LogP contribution in [0.2, 0.25) is 5.02 Å². The van der Waals surface area contributed by atoms with Crippen molar-refractivity contribution in [3.63, 3.8) is 0 Å². The van der Waals surface area contributed by atoms with Crippen molar-refractivity contribution in [2.75, 3.05) is 27.4 Å². The molecule has 2 atom stereocenters. The molecule has 2 N–H and O–H groups in total. The molecule has 2 aromatic rings. The summed E-state index contributed by atoms with van der Waals surface area (Å²) in [5.41, 5.74) is 7.40. The molecule has 0 aliphatic carbocycles. The minimum absolute atomic E-state index is 0.149. The van der Waals surface area contributed by atoms with Gasteiger partial charge in [0, 0.05) is 43.3 Å². The van der Waals surface area contributed by atoms with E-state index in [4.69, 9.17) is 31.5 Å². The third kappa shape index (κ3) is 3.91. The molecule has 0 aromatic heterocycles. The van der Waals surface area contributed by atoms with E-state index in [1.807, 2.05) is 37.3 Å². The van der Waals surface area contributed by atoms with Gasteiger partial charge in [0.1, 0.15) is 17.6 Å². The Labute approximate surface area is 193 Å². The van der Waals surface area contributed by atoms with Crippen molar-refractivity contribution >= 4 is 23.5 Å². The number of benzene rings is 2. The van der Waals surface area contributed by atoms with Gasteiger partial charge in [0.2, 0.25) is 0 Å². The molecule has 32 heavy (non-hydrogen) atoms. The van der Waals surface area contributed by atoms with Crippen LogP contribution in [0, 0.1) is 0 Å². The van der Waals surface area contributed by atoms with E-state index in [1.54, 1.807) is 20.2 Å². The summed E-state index contributed by atoms with van der Waals surface area (Å²) < 4.78 is 17.3. The number of carbonyl (C=O) groups excluding carboxylic acids is 1. The number of rotatable bonds is 7. The number of nitrogens with two attached hydrogens (primary N) is 1. The van der Waals surface area contributed by atoms with Crippen molar-refractivity contribution in [3.05, 3.63) is 47.0 Å². The second kappa shape index (κ2) is 9.00. The van der Waals surface area contributed by atoms with Gasteiger partial charge in [-0.1, -0.05) is 17.7 Å². The molecule has 1 spiro atoms. The maximum absolute atomic E-state index is 13.4. The molecule has 0 unspecified atom stereocenters. The molecule has 0 saturated heterocycles. The fourth-order valence-electron chi connectivity index (χ4n) is 4.42. The molecule has 2 aromatic carbocycles. The van der Waals surface area contributed by atoms with Gasteiger partial charge in [-0.15, -0.1) is 0 Å². The molecule has 0 radical (unpaired) electrons. The van der Waals surface area contributed by atoms with Gasteiger partial charge in [0.05, 0.1) is 6.61 Å². The summed E-state index contributed by atoms with van der Waals surface area (Å²) in [6.45, 7) is 3.09. The number of hydrogen-bond donors (Lipinski definition) is 1. The zero-order valence-corrected chi connectivity index (χ0v) is 19.3. The molecule has 0 bridgehead atoms. The van der Waals surface area contributed by atoms with E-state index in [0.717, 1.165) is 29.7 Å². The van der Waals surface area contributed by atoms with E-state index in [1.165, 1.54) is 4.90 Å². The van der Waals surface area contributed by atoms with Crippen molar-refractivity contribution in [1.82, 2.24) is 4.90 Å². The highest BCUT2D eigenvalue weighted by molar-refractivity contribution is 6.31. The lowest BCUT2D eigenvalue weighted by atomic mass is 9.79. The standard InChI is InChI=1S/C24H28ClN3O4/c1-4-31-20-10-8-16(25)13-18(20)15-7-9-21-19(12-15)24(22(29)28(2)23(26)27-24)14-17(32-21)6-5-11-30-3/h7-10,12-13,17H,4-6,11,14H2,1-3H3,(H2,26,27)/t17-,24+/m1/s1. The molecule has 2 aliphatic rings. The number of halogens is 1. The van der Waals surface area contributed by atoms with Crippen LogP contribution >= 0.6 is 11.6 Å². The fraction of sp³-hybridized carbons (Fsp3) is 0.417. The Morgan fingerprint density at radius 3 is 2.81 bits per heavy atom. The molecule has 0 saturated carbocycles. The zero-order valence-electron chi connectivity index (χ0n) is 18.6. The molecular formula is C24H28ClN3O4. The molecule has 7 nitrogen and oxygen atoms in total. The Bertz CT molecular complexity index is 1060. The van der Waals surface area contributed by atoms with Crippen molar-refractivity contribution in [2.24, 2.45) is 10.7 Å². The van der Waals surface area contributed by atoms with E-state index in [9.17, 15) is 4.79 Å². The Morgan fingerprint density at radius 1 is 1.31 bits per heavy atom. The Kier molecular flexibility index (Phi) is 6.31. The first kappa shape index (κ1) is 22.4. The summed E-state index contributed by atoms with van der Waals surface area (Å²) in [5.74, 6) is 1.42. The summed E-state index contributed by atoms with van der Waals surface area (Å²) in [5, 5.41) is 0.601. The average molecular weight is 458 g/mol. The van der Waals surface area contributed by atoms with Crippen LogP contribution in [0.3, 0.4) is 0 Å². The number of amides is 1. The molecular weight excluding hydrogens is 430 g/mol. The number of guanidine groups is 1. The second-order valence-corrected chi connectivity index (χ2v) is 8.49. The molecule has 2 aliphatic heterocycles. The number of aliphatic imine (C=N–C) groups is 1. The second-order valence-electron chi connectivity index (χ2n) is 8.06. The molecule has 8 heteroatoms. The van der Waals surface area contributed by atoms with Crippen LogP contribution in [0.15, 0.2) is 41.4 Å². The van der Waals surface area contributed by atoms with E-state index < -0.39 is 5.54 Å². The largest absolute Gasteiger partial charge is 0.493 e. The zero-order chi connectivity index (χ0) is 22.9. The first-order chi connectivity index (χ1) is 15.4. The van der Waals surface area contributed by atoms with Crippen molar-refractivity contribution < 1.29 is 19.0 Å². The predicted octanol–water partition coefficient (Wildman–Crippen LogP) is 3.97. The van der Waals surface area contributed by atoms with Crippen molar-refractivity contribution in [1.29, 1.82) is 0 Å². The number of methoxy groups -OCH3 is 1. The van der Waals surface area contributed by atoms with Crippen molar-refractivity contribution in [3.8, 4) is 22.6 Å². The topological polar surface area (TPSA) is 86.4 Å². The molecule has 1 amide bonds. The number of ether oxygens (including phenoxy) is 3. The van der Waals surface area contributed by atoms with E-state index in [2.05, 4.69) is 4.99 Å². The molecule has 0 fully saturated rings. The number of likely N-dealkylation sites (N-methyl/N-ethyl adjacent to an activating group) is 1. The summed E-state index contributed by atoms with van der Waals surface area (Å²) in [6.07, 6.45) is 1.84. The molecule has 2 heterocycles. The van der Waals surface area contributed by atoms with Gasteiger partial charge >= 0.3 is 0 Å². The van der Waals surface area contributed by atoms with Gasteiger partial charge < -0.3 is 19.9 Å². The van der Waals surface area contributed by atoms with Gasteiger partial charge in [-0.05, 0) is 55.7 Å². The predicted molar refractivity (Wildman–Crippen MR) is 124 cm³/mol. The maximum Gasteiger partial charge on any atom is 0.261 e. The fourth-order valence-corrected chi connectivity index (χ4v) is 4.59. The van der Waals surface area contributed by atoms with Gasteiger partial charge in [-0.2, -0.15) is 0 Å². The SMILES string of the molecule is CCOc1ccc(Cl)cc1-c1ccc2c(c1)[C@]1(C[C@@H](CCCOC)O2)N=C(N)N(C)C1=O. The van der Waals surface area contributed by atoms with Gasteiger partial charge in [-0.3, -0.25) is 9.69 Å². The molecule has 170 valence electrons. The van der Waals surface area contributed by atoms with Gasteiger partial charge in [0.15, 0.2) is 11.5 Å². The maximum atomic E-state index is 13.4. The first-order valence-corrected chi connectivity index (χ1v) is 11.1. The minimum Gasteiger partial charge on any atom is -0.493 e. The van der Waals surface area contributed by atoms with Crippen LogP contribution in [0.1, 0.15) is 31.7 Å². The summed E-state index contributed by atoms with van der Waals surface area (Å²) in [4.78, 5) is 19.5. The lowest BCUT2D eigenvalue weighted by Gasteiger charge is -2.37. The Morgan fingerprint density at radius 2 is 2.12 bits per heavy atom. The van der Waals surface area contributed by atoms with Crippen molar-refractivity contribution in [2.45, 2.75) is 37.8 Å². The lowest BCUT2D eigenvalue weighted by molar-refractivity contribution is -0.132. The van der Waals surface area contributed by atoms with Crippen LogP contribution in [0.4, 0.5) is 0 Å². The monoisotopic (exact) mass is 457 g/mol. The lowest BCUT2D eigenvalue weighted by Crippen LogP contribution is -2.45. The highest BCUT2D eigenvalue weighted by Gasteiger charge is 2.53. The third-order valence-corrected chi connectivity index (χ3v) is 6.21. The van der Waals surface area contributed by atoms with Crippen LogP contribution in [-0.2, 0) is 15.1 Å². The van der Waals surface area contributed by atoms with E-state index in [-0.39, 0.29) is 18.0 Å². The quantitative estimate of drug-likeness (QED) is 0.636. The normalized spacial score (nSPS) is 22.0. The smallest absolute Gasteiger partial charge is 0.261 e. The number of nitrogens with zero attached hydrogens (tertiary/aromatic N) is 2.